The van der Waals surface area contributed by atoms with Crippen LogP contribution in [0.15, 0.2) is 12.4 Å². The summed E-state index contributed by atoms with van der Waals surface area (Å²) in [5.74, 6) is 3.39. The highest BCUT2D eigenvalue weighted by atomic mass is 32.2. The molecule has 1 fully saturated rings. The Labute approximate surface area is 115 Å². The van der Waals surface area contributed by atoms with Crippen LogP contribution in [0.5, 0.6) is 0 Å². The molecule has 0 radical (unpaired) electrons. The van der Waals surface area contributed by atoms with Gasteiger partial charge in [0.05, 0.1) is 6.20 Å². The monoisotopic (exact) mass is 267 g/mol. The highest BCUT2D eigenvalue weighted by Gasteiger charge is 2.27. The Bertz CT molecular complexity index is 345. The second-order valence-corrected chi connectivity index (χ2v) is 6.24. The fourth-order valence-corrected chi connectivity index (χ4v) is 3.86. The second-order valence-electron chi connectivity index (χ2n) is 5.09. The van der Waals surface area contributed by atoms with Gasteiger partial charge in [-0.2, -0.15) is 16.9 Å². The van der Waals surface area contributed by atoms with Gasteiger partial charge in [-0.15, -0.1) is 0 Å². The van der Waals surface area contributed by atoms with E-state index >= 15 is 0 Å². The van der Waals surface area contributed by atoms with Crippen molar-refractivity contribution in [3.8, 4) is 0 Å². The fourth-order valence-electron chi connectivity index (χ4n) is 2.56. The number of aromatic nitrogens is 2. The zero-order valence-corrected chi connectivity index (χ0v) is 12.4. The highest BCUT2D eigenvalue weighted by Crippen LogP contribution is 2.34. The first-order chi connectivity index (χ1) is 8.85. The molecule has 1 aromatic heterocycles. The van der Waals surface area contributed by atoms with Crippen molar-refractivity contribution in [3.05, 3.63) is 18.0 Å². The number of nitrogens with one attached hydrogen (secondary N) is 1. The molecule has 0 saturated carbocycles. The zero-order chi connectivity index (χ0) is 12.8. The van der Waals surface area contributed by atoms with Gasteiger partial charge in [0.1, 0.15) is 0 Å². The molecule has 0 spiro atoms. The molecule has 0 aliphatic carbocycles. The van der Waals surface area contributed by atoms with Crippen LogP contribution in [0.4, 0.5) is 0 Å². The Hall–Kier alpha value is -0.480. The van der Waals surface area contributed by atoms with Gasteiger partial charge < -0.3 is 5.32 Å². The molecule has 1 aromatic rings. The van der Waals surface area contributed by atoms with Gasteiger partial charge in [0, 0.05) is 24.3 Å². The molecular weight excluding hydrogens is 242 g/mol. The molecule has 1 saturated heterocycles. The summed E-state index contributed by atoms with van der Waals surface area (Å²) in [7, 11) is 0. The van der Waals surface area contributed by atoms with Crippen LogP contribution in [0.3, 0.4) is 0 Å². The SMILES string of the molecule is CCCNC(c1cnn(CCC)c1)C1CCSC1. The van der Waals surface area contributed by atoms with Gasteiger partial charge in [0.15, 0.2) is 0 Å². The number of hydrogen-bond donors (Lipinski definition) is 1. The minimum absolute atomic E-state index is 0.505. The smallest absolute Gasteiger partial charge is 0.0537 e. The lowest BCUT2D eigenvalue weighted by Gasteiger charge is -2.23. The van der Waals surface area contributed by atoms with E-state index in [1.807, 2.05) is 0 Å². The van der Waals surface area contributed by atoms with Crippen LogP contribution in [0.2, 0.25) is 0 Å². The lowest BCUT2D eigenvalue weighted by molar-refractivity contribution is 0.393. The molecule has 2 heterocycles. The topological polar surface area (TPSA) is 29.9 Å². The average Bonchev–Trinajstić information content (AvgIpc) is 3.02. The molecule has 2 unspecified atom stereocenters. The predicted octanol–water partition coefficient (Wildman–Crippen LogP) is 3.09. The van der Waals surface area contributed by atoms with Crippen molar-refractivity contribution in [2.24, 2.45) is 5.92 Å². The summed E-state index contributed by atoms with van der Waals surface area (Å²) in [5, 5.41) is 8.19. The van der Waals surface area contributed by atoms with Crippen molar-refractivity contribution in [2.75, 3.05) is 18.1 Å². The Kier molecular flexibility index (Phi) is 5.57. The first kappa shape index (κ1) is 13.9. The average molecular weight is 267 g/mol. The van der Waals surface area contributed by atoms with E-state index in [1.54, 1.807) is 0 Å². The quantitative estimate of drug-likeness (QED) is 0.823. The van der Waals surface area contributed by atoms with Gasteiger partial charge in [0.25, 0.3) is 0 Å². The summed E-state index contributed by atoms with van der Waals surface area (Å²) < 4.78 is 2.08. The molecule has 4 heteroatoms. The molecular formula is C14H25N3S. The molecule has 0 aromatic carbocycles. The van der Waals surface area contributed by atoms with Gasteiger partial charge in [-0.05, 0) is 43.2 Å². The van der Waals surface area contributed by atoms with Gasteiger partial charge in [0.2, 0.25) is 0 Å². The van der Waals surface area contributed by atoms with E-state index in [2.05, 4.69) is 53.1 Å². The van der Waals surface area contributed by atoms with Crippen LogP contribution in [-0.4, -0.2) is 27.8 Å². The van der Waals surface area contributed by atoms with Gasteiger partial charge in [-0.1, -0.05) is 13.8 Å². The Morgan fingerprint density at radius 2 is 2.39 bits per heavy atom. The number of rotatable bonds is 7. The number of hydrogen-bond acceptors (Lipinski definition) is 3. The Balaban J connectivity index is 2.05. The molecule has 2 atom stereocenters. The lowest BCUT2D eigenvalue weighted by atomic mass is 9.94. The molecule has 3 nitrogen and oxygen atoms in total. The minimum Gasteiger partial charge on any atom is -0.310 e. The number of aryl methyl sites for hydroxylation is 1. The number of nitrogens with zero attached hydrogens (tertiary/aromatic N) is 2. The van der Waals surface area contributed by atoms with Gasteiger partial charge >= 0.3 is 0 Å². The first-order valence-corrected chi connectivity index (χ1v) is 8.34. The first-order valence-electron chi connectivity index (χ1n) is 7.18. The van der Waals surface area contributed by atoms with Crippen LogP contribution in [-0.2, 0) is 6.54 Å². The van der Waals surface area contributed by atoms with E-state index in [0.717, 1.165) is 25.4 Å². The van der Waals surface area contributed by atoms with Crippen LogP contribution in [0.1, 0.15) is 44.7 Å². The molecule has 0 bridgehead atoms. The van der Waals surface area contributed by atoms with Crippen LogP contribution >= 0.6 is 11.8 Å². The molecule has 1 aliphatic rings. The molecule has 0 amide bonds. The van der Waals surface area contributed by atoms with Gasteiger partial charge in [-0.3, -0.25) is 4.68 Å². The molecule has 1 N–H and O–H groups in total. The van der Waals surface area contributed by atoms with Crippen LogP contribution < -0.4 is 5.32 Å². The highest BCUT2D eigenvalue weighted by molar-refractivity contribution is 7.99. The summed E-state index contributed by atoms with van der Waals surface area (Å²) in [6.07, 6.45) is 7.98. The van der Waals surface area contributed by atoms with E-state index in [1.165, 1.54) is 29.9 Å². The van der Waals surface area contributed by atoms with Crippen LogP contribution in [0.25, 0.3) is 0 Å². The van der Waals surface area contributed by atoms with E-state index in [4.69, 9.17) is 0 Å². The van der Waals surface area contributed by atoms with Gasteiger partial charge in [-0.25, -0.2) is 0 Å². The normalized spacial score (nSPS) is 21.3. The predicted molar refractivity (Wildman–Crippen MR) is 79.0 cm³/mol. The summed E-state index contributed by atoms with van der Waals surface area (Å²) in [4.78, 5) is 0. The Morgan fingerprint density at radius 3 is 3.06 bits per heavy atom. The van der Waals surface area contributed by atoms with Crippen molar-refractivity contribution < 1.29 is 0 Å². The minimum atomic E-state index is 0.505. The lowest BCUT2D eigenvalue weighted by Crippen LogP contribution is -2.28. The largest absolute Gasteiger partial charge is 0.310 e. The summed E-state index contributed by atoms with van der Waals surface area (Å²) in [5.41, 5.74) is 1.38. The summed E-state index contributed by atoms with van der Waals surface area (Å²) in [6.45, 7) is 6.56. The van der Waals surface area contributed by atoms with E-state index in [0.29, 0.717) is 6.04 Å². The fraction of sp³-hybridized carbons (Fsp3) is 0.786. The van der Waals surface area contributed by atoms with E-state index in [-0.39, 0.29) is 0 Å². The van der Waals surface area contributed by atoms with Crippen molar-refractivity contribution in [1.82, 2.24) is 15.1 Å². The summed E-state index contributed by atoms with van der Waals surface area (Å²) >= 11 is 2.09. The standard InChI is InChI=1S/C14H25N3S/c1-3-6-15-14(12-5-8-18-11-12)13-9-16-17(10-13)7-4-2/h9-10,12,14-15H,3-8,11H2,1-2H3. The third-order valence-corrected chi connectivity index (χ3v) is 4.70. The maximum Gasteiger partial charge on any atom is 0.0537 e. The second kappa shape index (κ2) is 7.19. The Morgan fingerprint density at radius 1 is 1.50 bits per heavy atom. The third kappa shape index (κ3) is 3.51. The zero-order valence-electron chi connectivity index (χ0n) is 11.6. The summed E-state index contributed by atoms with van der Waals surface area (Å²) in [6, 6.07) is 0.505. The molecule has 102 valence electrons. The third-order valence-electron chi connectivity index (χ3n) is 3.52. The van der Waals surface area contributed by atoms with E-state index < -0.39 is 0 Å². The molecule has 1 aliphatic heterocycles. The number of thioether (sulfide) groups is 1. The van der Waals surface area contributed by atoms with Crippen molar-refractivity contribution in [1.29, 1.82) is 0 Å². The maximum atomic E-state index is 4.48. The maximum absolute atomic E-state index is 4.48. The van der Waals surface area contributed by atoms with E-state index in [9.17, 15) is 0 Å². The van der Waals surface area contributed by atoms with Crippen molar-refractivity contribution >= 4 is 11.8 Å². The van der Waals surface area contributed by atoms with Crippen molar-refractivity contribution in [3.63, 3.8) is 0 Å². The molecule has 2 rings (SSSR count). The van der Waals surface area contributed by atoms with Crippen molar-refractivity contribution in [2.45, 2.75) is 45.7 Å². The molecule has 18 heavy (non-hydrogen) atoms. The van der Waals surface area contributed by atoms with Crippen LogP contribution in [0, 0.1) is 5.92 Å².